The van der Waals surface area contributed by atoms with Crippen molar-refractivity contribution in [2.45, 2.75) is 30.7 Å². The van der Waals surface area contributed by atoms with E-state index in [0.717, 1.165) is 11.3 Å². The van der Waals surface area contributed by atoms with E-state index in [2.05, 4.69) is 15.3 Å². The molecule has 1 atom stereocenters. The summed E-state index contributed by atoms with van der Waals surface area (Å²) in [4.78, 5) is 28.7. The van der Waals surface area contributed by atoms with Crippen LogP contribution in [0, 0.1) is 6.92 Å². The summed E-state index contributed by atoms with van der Waals surface area (Å²) in [6, 6.07) is 13.1. The lowest BCUT2D eigenvalue weighted by Crippen LogP contribution is -2.56. The second-order valence-electron chi connectivity index (χ2n) is 10.5. The number of nitrogens with zero attached hydrogens (tertiary/aromatic N) is 6. The molecule has 2 aromatic heterocycles. The zero-order chi connectivity index (χ0) is 32.0. The Morgan fingerprint density at radius 1 is 0.978 bits per heavy atom. The predicted octanol–water partition coefficient (Wildman–Crippen LogP) is 2.63. The molecular formula is C31H37N7O6S. The fourth-order valence-corrected chi connectivity index (χ4v) is 6.88. The smallest absolute Gasteiger partial charge is 0.243 e. The molecule has 0 saturated carbocycles. The van der Waals surface area contributed by atoms with Crippen LogP contribution in [-0.4, -0.2) is 91.7 Å². The van der Waals surface area contributed by atoms with E-state index in [1.165, 1.54) is 23.5 Å². The van der Waals surface area contributed by atoms with Gasteiger partial charge in [-0.05, 0) is 55.3 Å². The second kappa shape index (κ2) is 13.9. The van der Waals surface area contributed by atoms with Crippen LogP contribution in [0.4, 0.5) is 5.82 Å². The number of carbonyl (C=O) groups is 1. The maximum absolute atomic E-state index is 13.9. The first-order chi connectivity index (χ1) is 21.7. The van der Waals surface area contributed by atoms with E-state index >= 15 is 0 Å². The minimum atomic E-state index is -3.92. The Hall–Kier alpha value is -4.69. The molecule has 1 fully saturated rings. The first-order valence-electron chi connectivity index (χ1n) is 14.4. The number of carbonyl (C=O) groups excluding carboxylic acids is 1. The van der Waals surface area contributed by atoms with Gasteiger partial charge in [0.15, 0.2) is 11.5 Å². The number of nitrogens with one attached hydrogen (secondary N) is 1. The number of methoxy groups -OCH3 is 3. The molecule has 0 bridgehead atoms. The average Bonchev–Trinajstić information content (AvgIpc) is 3.60. The number of amides is 1. The molecule has 14 heteroatoms. The van der Waals surface area contributed by atoms with E-state index in [-0.39, 0.29) is 30.3 Å². The number of benzene rings is 2. The number of hydrogen-bond donors (Lipinski definition) is 1. The van der Waals surface area contributed by atoms with Gasteiger partial charge in [-0.3, -0.25) is 9.36 Å². The van der Waals surface area contributed by atoms with Crippen molar-refractivity contribution in [1.82, 2.24) is 29.1 Å². The number of rotatable bonds is 12. The number of anilines is 1. The lowest BCUT2D eigenvalue weighted by atomic mass is 10.1. The zero-order valence-corrected chi connectivity index (χ0v) is 26.5. The summed E-state index contributed by atoms with van der Waals surface area (Å²) < 4.78 is 46.8. The number of hydrogen-bond acceptors (Lipinski definition) is 10. The van der Waals surface area contributed by atoms with Crippen LogP contribution in [0.25, 0.3) is 5.95 Å². The van der Waals surface area contributed by atoms with Gasteiger partial charge in [-0.15, -0.1) is 0 Å². The van der Waals surface area contributed by atoms with Gasteiger partial charge in [0.25, 0.3) is 0 Å². The van der Waals surface area contributed by atoms with Gasteiger partial charge in [0.2, 0.25) is 21.9 Å². The zero-order valence-electron chi connectivity index (χ0n) is 25.7. The lowest BCUT2D eigenvalue weighted by molar-refractivity contribution is -0.121. The number of imidazole rings is 1. The molecule has 1 saturated heterocycles. The molecule has 1 aliphatic heterocycles. The van der Waals surface area contributed by atoms with Crippen LogP contribution in [0.5, 0.6) is 17.2 Å². The van der Waals surface area contributed by atoms with E-state index in [9.17, 15) is 13.2 Å². The molecule has 13 nitrogen and oxygen atoms in total. The Kier molecular flexibility index (Phi) is 9.83. The molecule has 3 heterocycles. The largest absolute Gasteiger partial charge is 0.497 e. The van der Waals surface area contributed by atoms with E-state index in [1.54, 1.807) is 49.6 Å². The van der Waals surface area contributed by atoms with Crippen molar-refractivity contribution in [2.75, 3.05) is 52.4 Å². The minimum absolute atomic E-state index is 0.0315. The number of aromatic nitrogens is 4. The first kappa shape index (κ1) is 31.7. The summed E-state index contributed by atoms with van der Waals surface area (Å²) in [6.07, 6.45) is 5.55. The highest BCUT2D eigenvalue weighted by Crippen LogP contribution is 2.29. The normalized spacial score (nSPS) is 15.5. The van der Waals surface area contributed by atoms with Crippen molar-refractivity contribution in [3.05, 3.63) is 78.5 Å². The van der Waals surface area contributed by atoms with Gasteiger partial charge in [-0.25, -0.2) is 18.4 Å². The molecule has 0 aliphatic carbocycles. The van der Waals surface area contributed by atoms with Gasteiger partial charge in [-0.2, -0.15) is 9.29 Å². The first-order valence-corrected chi connectivity index (χ1v) is 15.9. The highest BCUT2D eigenvalue weighted by molar-refractivity contribution is 7.89. The van der Waals surface area contributed by atoms with E-state index in [4.69, 9.17) is 19.2 Å². The van der Waals surface area contributed by atoms with Gasteiger partial charge in [0, 0.05) is 56.8 Å². The van der Waals surface area contributed by atoms with Crippen LogP contribution in [0.3, 0.4) is 0 Å². The van der Waals surface area contributed by atoms with Crippen molar-refractivity contribution in [3.63, 3.8) is 0 Å². The maximum Gasteiger partial charge on any atom is 0.243 e. The van der Waals surface area contributed by atoms with Crippen LogP contribution >= 0.6 is 0 Å². The van der Waals surface area contributed by atoms with Gasteiger partial charge in [0.05, 0.1) is 32.3 Å². The van der Waals surface area contributed by atoms with Crippen LogP contribution in [0.1, 0.15) is 17.7 Å². The molecule has 5 rings (SSSR count). The average molecular weight is 636 g/mol. The van der Waals surface area contributed by atoms with Crippen molar-refractivity contribution < 1.29 is 27.4 Å². The Balaban J connectivity index is 1.34. The van der Waals surface area contributed by atoms with E-state index in [0.29, 0.717) is 48.5 Å². The fraction of sp³-hybridized carbons (Fsp3) is 0.355. The maximum atomic E-state index is 13.9. The number of sulfonamides is 1. The van der Waals surface area contributed by atoms with Crippen molar-refractivity contribution in [3.8, 4) is 23.2 Å². The molecule has 1 amide bonds. The van der Waals surface area contributed by atoms with Crippen molar-refractivity contribution in [2.24, 2.45) is 0 Å². The molecule has 0 spiro atoms. The van der Waals surface area contributed by atoms with E-state index in [1.807, 2.05) is 36.1 Å². The molecule has 1 aliphatic rings. The Morgan fingerprint density at radius 3 is 2.44 bits per heavy atom. The summed E-state index contributed by atoms with van der Waals surface area (Å²) >= 11 is 0. The number of aryl methyl sites for hydroxylation is 1. The molecule has 45 heavy (non-hydrogen) atoms. The Bertz CT molecular complexity index is 1710. The molecule has 0 radical (unpaired) electrons. The van der Waals surface area contributed by atoms with Gasteiger partial charge in [0.1, 0.15) is 17.9 Å². The summed E-state index contributed by atoms with van der Waals surface area (Å²) in [7, 11) is 0.756. The molecule has 1 unspecified atom stereocenters. The molecular weight excluding hydrogens is 598 g/mol. The Morgan fingerprint density at radius 2 is 1.76 bits per heavy atom. The molecule has 1 N–H and O–H groups in total. The molecule has 238 valence electrons. The lowest BCUT2D eigenvalue weighted by Gasteiger charge is -2.41. The van der Waals surface area contributed by atoms with Crippen molar-refractivity contribution in [1.29, 1.82) is 0 Å². The van der Waals surface area contributed by atoms with Gasteiger partial charge in [-0.1, -0.05) is 6.07 Å². The van der Waals surface area contributed by atoms with Crippen LogP contribution in [-0.2, 0) is 21.2 Å². The van der Waals surface area contributed by atoms with Crippen LogP contribution in [0.15, 0.2) is 72.1 Å². The number of piperazine rings is 1. The Labute approximate surface area is 262 Å². The summed E-state index contributed by atoms with van der Waals surface area (Å²) in [5.41, 5.74) is 1.72. The minimum Gasteiger partial charge on any atom is -0.497 e. The summed E-state index contributed by atoms with van der Waals surface area (Å²) in [5, 5.41) is 2.96. The fourth-order valence-electron chi connectivity index (χ4n) is 5.27. The third kappa shape index (κ3) is 7.35. The highest BCUT2D eigenvalue weighted by atomic mass is 32.2. The summed E-state index contributed by atoms with van der Waals surface area (Å²) in [5.74, 6) is 2.64. The SMILES string of the molecule is COc1ccc(S(=O)(=O)N2CCN(c3cc(C)nc(-n4ccnc4)n3)CC2CC(=O)NCCc2ccc(OC)c(OC)c2)cc1. The second-order valence-corrected chi connectivity index (χ2v) is 12.4. The quantitative estimate of drug-likeness (QED) is 0.247. The molecule has 2 aromatic carbocycles. The van der Waals surface area contributed by atoms with Gasteiger partial charge >= 0.3 is 0 Å². The predicted molar refractivity (Wildman–Crippen MR) is 168 cm³/mol. The van der Waals surface area contributed by atoms with Crippen LogP contribution in [0.2, 0.25) is 0 Å². The third-order valence-electron chi connectivity index (χ3n) is 7.59. The topological polar surface area (TPSA) is 141 Å². The molecule has 4 aromatic rings. The third-order valence-corrected chi connectivity index (χ3v) is 9.55. The standard InChI is InChI=1S/C31H37N7O6S/c1-22-17-29(35-31(34-22)37-14-13-32-21-37)36-15-16-38(45(40,41)26-8-6-25(42-2)7-9-26)24(20-36)19-30(39)33-12-11-23-5-10-27(43-3)28(18-23)44-4/h5-10,13-14,17-18,21,24H,11-12,15-16,19-20H2,1-4H3,(H,33,39). The highest BCUT2D eigenvalue weighted by Gasteiger charge is 2.38. The van der Waals surface area contributed by atoms with Crippen LogP contribution < -0.4 is 24.4 Å². The van der Waals surface area contributed by atoms with Crippen molar-refractivity contribution >= 4 is 21.7 Å². The monoisotopic (exact) mass is 635 g/mol. The number of ether oxygens (including phenoxy) is 3. The van der Waals surface area contributed by atoms with Gasteiger partial charge < -0.3 is 24.4 Å². The van der Waals surface area contributed by atoms with E-state index < -0.39 is 16.1 Å². The summed E-state index contributed by atoms with van der Waals surface area (Å²) in [6.45, 7) is 3.06.